The van der Waals surface area contributed by atoms with Crippen LogP contribution in [0.5, 0.6) is 0 Å². The van der Waals surface area contributed by atoms with Gasteiger partial charge in [-0.3, -0.25) is 9.69 Å². The number of fused-ring (bicyclic) bond motifs is 1. The standard InChI is InChI=1S/C21H22F3N5O3S2/c1-12-15(11-29-6-8-32-9-7-29)27-28-20-16(12)17(25)18(33-20)19(30)26-10-13-2-4-14(5-3-13)34(31)21(22,23)24/h2-5H,6-11,25H2,1H3,(H,26,30). The van der Waals surface area contributed by atoms with E-state index in [0.29, 0.717) is 46.1 Å². The van der Waals surface area contributed by atoms with Crippen molar-refractivity contribution in [3.05, 3.63) is 46.0 Å². The summed E-state index contributed by atoms with van der Waals surface area (Å²) in [4.78, 5) is 15.5. The molecule has 1 unspecified atom stereocenters. The first-order chi connectivity index (χ1) is 16.1. The fourth-order valence-corrected chi connectivity index (χ4v) is 5.27. The van der Waals surface area contributed by atoms with Crippen LogP contribution >= 0.6 is 11.3 Å². The molecule has 1 atom stereocenters. The molecule has 1 aliphatic rings. The van der Waals surface area contributed by atoms with E-state index in [0.717, 1.165) is 47.8 Å². The SMILES string of the molecule is Cc1c(CN2CCOCC2)nnc2sc(C(=O)NCc3ccc([S+]([O-])C(F)(F)F)cc3)c(N)c12. The highest BCUT2D eigenvalue weighted by Gasteiger charge is 2.45. The van der Waals surface area contributed by atoms with Gasteiger partial charge in [0.1, 0.15) is 9.71 Å². The number of hydrogen-bond donors (Lipinski definition) is 2. The molecule has 1 saturated heterocycles. The number of amides is 1. The first kappa shape index (κ1) is 24.7. The minimum absolute atomic E-state index is 0.0679. The molecule has 1 aliphatic heterocycles. The first-order valence-corrected chi connectivity index (χ1v) is 12.3. The van der Waals surface area contributed by atoms with Crippen molar-refractivity contribution >= 4 is 44.3 Å². The van der Waals surface area contributed by atoms with Crippen LogP contribution in [0.3, 0.4) is 0 Å². The molecule has 3 heterocycles. The highest BCUT2D eigenvalue weighted by molar-refractivity contribution is 7.92. The zero-order valence-corrected chi connectivity index (χ0v) is 19.8. The van der Waals surface area contributed by atoms with Crippen LogP contribution in [0.25, 0.3) is 10.2 Å². The topological polar surface area (TPSA) is 116 Å². The number of rotatable bonds is 6. The summed E-state index contributed by atoms with van der Waals surface area (Å²) in [6, 6.07) is 5.05. The normalized spacial score (nSPS) is 16.0. The van der Waals surface area contributed by atoms with Gasteiger partial charge in [-0.05, 0) is 30.2 Å². The maximum absolute atomic E-state index is 12.8. The lowest BCUT2D eigenvalue weighted by atomic mass is 10.1. The van der Waals surface area contributed by atoms with Gasteiger partial charge in [0.15, 0.2) is 4.90 Å². The number of ether oxygens (including phenoxy) is 1. The number of nitrogens with two attached hydrogens (primary N) is 1. The second-order valence-electron chi connectivity index (χ2n) is 7.73. The van der Waals surface area contributed by atoms with Crippen LogP contribution in [0, 0.1) is 6.92 Å². The van der Waals surface area contributed by atoms with Gasteiger partial charge >= 0.3 is 5.51 Å². The van der Waals surface area contributed by atoms with Crippen LogP contribution in [0.15, 0.2) is 29.2 Å². The Hall–Kier alpha value is -2.45. The van der Waals surface area contributed by atoms with Crippen LogP contribution in [0.4, 0.5) is 18.9 Å². The smallest absolute Gasteiger partial charge is 0.578 e. The zero-order valence-electron chi connectivity index (χ0n) is 18.1. The summed E-state index contributed by atoms with van der Waals surface area (Å²) in [5, 5.41) is 12.0. The number of halogens is 3. The predicted octanol–water partition coefficient (Wildman–Crippen LogP) is 2.97. The average Bonchev–Trinajstić information content (AvgIpc) is 3.16. The number of nitrogen functional groups attached to an aromatic ring is 1. The molecule has 8 nitrogen and oxygen atoms in total. The number of nitrogens with one attached hydrogen (secondary N) is 1. The van der Waals surface area contributed by atoms with Crippen molar-refractivity contribution in [2.45, 2.75) is 30.4 Å². The zero-order chi connectivity index (χ0) is 24.5. The molecule has 2 aromatic heterocycles. The molecule has 3 N–H and O–H groups in total. The third-order valence-corrected chi connectivity index (χ3v) is 7.69. The van der Waals surface area contributed by atoms with Gasteiger partial charge in [0, 0.05) is 31.6 Å². The van der Waals surface area contributed by atoms with Crippen molar-refractivity contribution in [1.29, 1.82) is 0 Å². The third kappa shape index (κ3) is 5.28. The average molecular weight is 514 g/mol. The minimum atomic E-state index is -4.82. The molecule has 0 aliphatic carbocycles. The number of aromatic nitrogens is 2. The number of morpholine rings is 1. The van der Waals surface area contributed by atoms with Gasteiger partial charge in [-0.15, -0.1) is 29.6 Å². The summed E-state index contributed by atoms with van der Waals surface area (Å²) in [7, 11) is 0. The summed E-state index contributed by atoms with van der Waals surface area (Å²) < 4.78 is 54.5. The molecule has 0 spiro atoms. The Morgan fingerprint density at radius 1 is 1.26 bits per heavy atom. The van der Waals surface area contributed by atoms with Gasteiger partial charge in [-0.1, -0.05) is 12.1 Å². The molecule has 3 aromatic rings. The monoisotopic (exact) mass is 513 g/mol. The summed E-state index contributed by atoms with van der Waals surface area (Å²) >= 11 is -1.96. The van der Waals surface area contributed by atoms with Crippen molar-refractivity contribution in [2.24, 2.45) is 0 Å². The van der Waals surface area contributed by atoms with E-state index in [4.69, 9.17) is 10.5 Å². The summed E-state index contributed by atoms with van der Waals surface area (Å²) in [5.41, 5.74) is 4.04. The van der Waals surface area contributed by atoms with Gasteiger partial charge in [0.2, 0.25) is 0 Å². The maximum atomic E-state index is 12.8. The van der Waals surface area contributed by atoms with E-state index in [-0.39, 0.29) is 11.4 Å². The second kappa shape index (κ2) is 10.0. The molecule has 0 saturated carbocycles. The van der Waals surface area contributed by atoms with Gasteiger partial charge < -0.3 is 20.3 Å². The number of aryl methyl sites for hydroxylation is 1. The fraction of sp³-hybridized carbons (Fsp3) is 0.381. The lowest BCUT2D eigenvalue weighted by Crippen LogP contribution is -2.36. The summed E-state index contributed by atoms with van der Waals surface area (Å²) in [5.74, 6) is -0.419. The number of carbonyl (C=O) groups is 1. The van der Waals surface area contributed by atoms with Crippen molar-refractivity contribution in [2.75, 3.05) is 32.0 Å². The van der Waals surface area contributed by atoms with Crippen LogP contribution in [0.1, 0.15) is 26.5 Å². The lowest BCUT2D eigenvalue weighted by molar-refractivity contribution is -0.0435. The highest BCUT2D eigenvalue weighted by atomic mass is 32.2. The van der Waals surface area contributed by atoms with E-state index in [2.05, 4.69) is 20.4 Å². The maximum Gasteiger partial charge on any atom is 0.578 e. The molecule has 1 aromatic carbocycles. The number of carbonyl (C=O) groups excluding carboxylic acids is 1. The molecule has 4 rings (SSSR count). The van der Waals surface area contributed by atoms with Crippen molar-refractivity contribution in [3.8, 4) is 0 Å². The van der Waals surface area contributed by atoms with Crippen molar-refractivity contribution in [3.63, 3.8) is 0 Å². The Morgan fingerprint density at radius 2 is 1.94 bits per heavy atom. The Morgan fingerprint density at radius 3 is 2.59 bits per heavy atom. The molecule has 1 fully saturated rings. The van der Waals surface area contributed by atoms with Gasteiger partial charge in [0.25, 0.3) is 5.91 Å². The third-order valence-electron chi connectivity index (χ3n) is 5.48. The van der Waals surface area contributed by atoms with Gasteiger partial charge in [-0.2, -0.15) is 5.10 Å². The quantitative estimate of drug-likeness (QED) is 0.487. The van der Waals surface area contributed by atoms with E-state index < -0.39 is 22.6 Å². The van der Waals surface area contributed by atoms with E-state index in [1.165, 1.54) is 12.1 Å². The number of benzene rings is 1. The molecule has 1 amide bonds. The predicted molar refractivity (Wildman–Crippen MR) is 123 cm³/mol. The van der Waals surface area contributed by atoms with Crippen LogP contribution in [-0.2, 0) is 29.0 Å². The van der Waals surface area contributed by atoms with Crippen molar-refractivity contribution in [1.82, 2.24) is 20.4 Å². The highest BCUT2D eigenvalue weighted by Crippen LogP contribution is 2.35. The Bertz CT molecular complexity index is 1180. The van der Waals surface area contributed by atoms with Crippen molar-refractivity contribution < 1.29 is 27.3 Å². The molecule has 34 heavy (non-hydrogen) atoms. The van der Waals surface area contributed by atoms with E-state index in [1.807, 2.05) is 6.92 Å². The molecule has 182 valence electrons. The summed E-state index contributed by atoms with van der Waals surface area (Å²) in [6.07, 6.45) is 0. The fourth-order valence-electron chi connectivity index (χ4n) is 3.61. The largest absolute Gasteiger partial charge is 0.604 e. The number of thiophene rings is 1. The van der Waals surface area contributed by atoms with Gasteiger partial charge in [0.05, 0.1) is 35.8 Å². The number of anilines is 1. The number of hydrogen-bond acceptors (Lipinski definition) is 8. The van der Waals surface area contributed by atoms with Gasteiger partial charge in [-0.25, -0.2) is 0 Å². The number of alkyl halides is 3. The van der Waals surface area contributed by atoms with Crippen LogP contribution < -0.4 is 11.1 Å². The molecule has 0 bridgehead atoms. The molecular weight excluding hydrogens is 491 g/mol. The minimum Gasteiger partial charge on any atom is -0.604 e. The Balaban J connectivity index is 1.46. The first-order valence-electron chi connectivity index (χ1n) is 10.3. The van der Waals surface area contributed by atoms with Crippen LogP contribution in [-0.4, -0.2) is 57.4 Å². The van der Waals surface area contributed by atoms with E-state index >= 15 is 0 Å². The van der Waals surface area contributed by atoms with E-state index in [9.17, 15) is 22.5 Å². The van der Waals surface area contributed by atoms with E-state index in [1.54, 1.807) is 0 Å². The molecule has 0 radical (unpaired) electrons. The summed E-state index contributed by atoms with van der Waals surface area (Å²) in [6.45, 7) is 5.54. The molecule has 13 heteroatoms. The Labute approximate surface area is 200 Å². The molecular formula is C21H22F3N5O3S2. The second-order valence-corrected chi connectivity index (χ2v) is 10.2. The lowest BCUT2D eigenvalue weighted by Gasteiger charge is -2.26. The number of nitrogens with zero attached hydrogens (tertiary/aromatic N) is 3. The van der Waals surface area contributed by atoms with Crippen LogP contribution in [0.2, 0.25) is 0 Å². The Kier molecular flexibility index (Phi) is 7.28.